The van der Waals surface area contributed by atoms with Crippen LogP contribution in [0.3, 0.4) is 0 Å². The van der Waals surface area contributed by atoms with Crippen molar-refractivity contribution in [3.8, 4) is 0 Å². The number of carbonyl (C=O) groups excluding carboxylic acids is 2. The Morgan fingerprint density at radius 3 is 2.33 bits per heavy atom. The van der Waals surface area contributed by atoms with Gasteiger partial charge in [-0.2, -0.15) is 0 Å². The van der Waals surface area contributed by atoms with Gasteiger partial charge in [0, 0.05) is 31.1 Å². The normalized spacial score (nSPS) is 19.3. The van der Waals surface area contributed by atoms with Gasteiger partial charge in [-0.1, -0.05) is 61.9 Å². The molecule has 0 aliphatic carbocycles. The summed E-state index contributed by atoms with van der Waals surface area (Å²) in [7, 11) is 0. The van der Waals surface area contributed by atoms with E-state index in [-0.39, 0.29) is 23.7 Å². The van der Waals surface area contributed by atoms with Gasteiger partial charge < -0.3 is 10.2 Å². The molecule has 0 radical (unpaired) electrons. The number of likely N-dealkylation sites (tertiary alicyclic amines) is 1. The number of amides is 2. The Morgan fingerprint density at radius 2 is 1.70 bits per heavy atom. The van der Waals surface area contributed by atoms with E-state index in [1.54, 1.807) is 0 Å². The third kappa shape index (κ3) is 4.57. The second-order valence-electron chi connectivity index (χ2n) is 7.84. The summed E-state index contributed by atoms with van der Waals surface area (Å²) in [4.78, 5) is 27.6. The molecule has 4 nitrogen and oxygen atoms in total. The molecule has 1 fully saturated rings. The van der Waals surface area contributed by atoms with E-state index in [1.165, 1.54) is 5.56 Å². The van der Waals surface area contributed by atoms with Crippen molar-refractivity contribution in [2.45, 2.75) is 26.7 Å². The van der Waals surface area contributed by atoms with Crippen LogP contribution in [0.2, 0.25) is 0 Å². The fraction of sp³-hybridized carbons (Fsp3) is 0.391. The number of rotatable bonds is 5. The smallest absolute Gasteiger partial charge is 0.253 e. The largest absolute Gasteiger partial charge is 0.356 e. The average molecular weight is 364 g/mol. The van der Waals surface area contributed by atoms with Gasteiger partial charge in [0.1, 0.15) is 0 Å². The molecule has 0 saturated carbocycles. The molecule has 1 aliphatic heterocycles. The van der Waals surface area contributed by atoms with Crippen molar-refractivity contribution in [2.75, 3.05) is 19.6 Å². The van der Waals surface area contributed by atoms with Crippen LogP contribution in [0.1, 0.15) is 41.3 Å². The van der Waals surface area contributed by atoms with E-state index in [0.717, 1.165) is 5.56 Å². The Hall–Kier alpha value is -2.62. The zero-order chi connectivity index (χ0) is 19.4. The van der Waals surface area contributed by atoms with Gasteiger partial charge in [0.15, 0.2) is 0 Å². The van der Waals surface area contributed by atoms with E-state index in [9.17, 15) is 9.59 Å². The van der Waals surface area contributed by atoms with Gasteiger partial charge in [-0.05, 0) is 30.5 Å². The molecule has 0 bridgehead atoms. The summed E-state index contributed by atoms with van der Waals surface area (Å²) >= 11 is 0. The molecule has 1 heterocycles. The summed E-state index contributed by atoms with van der Waals surface area (Å²) in [5.41, 5.74) is 2.98. The van der Waals surface area contributed by atoms with Gasteiger partial charge >= 0.3 is 0 Å². The molecule has 3 rings (SSSR count). The lowest BCUT2D eigenvalue weighted by atomic mass is 9.88. The molecule has 2 aromatic rings. The van der Waals surface area contributed by atoms with Gasteiger partial charge in [-0.25, -0.2) is 0 Å². The minimum Gasteiger partial charge on any atom is -0.356 e. The number of benzene rings is 2. The van der Waals surface area contributed by atoms with Crippen LogP contribution in [-0.4, -0.2) is 36.3 Å². The van der Waals surface area contributed by atoms with Crippen LogP contribution in [0.25, 0.3) is 0 Å². The minimum atomic E-state index is -0.223. The topological polar surface area (TPSA) is 49.4 Å². The standard InChI is InChI=1S/C23H28N2O2/c1-16(2)13-24-22(26)21-15-25(23(27)19-7-5-4-6-8-19)14-20(21)18-11-9-17(3)10-12-18/h4-12,16,20-21H,13-15H2,1-3H3,(H,24,26)/t20-,21-/m0/s1. The molecule has 0 aromatic heterocycles. The molecular weight excluding hydrogens is 336 g/mol. The zero-order valence-corrected chi connectivity index (χ0v) is 16.3. The summed E-state index contributed by atoms with van der Waals surface area (Å²) in [6.07, 6.45) is 0. The van der Waals surface area contributed by atoms with Gasteiger partial charge in [-0.15, -0.1) is 0 Å². The maximum absolute atomic E-state index is 12.9. The third-order valence-electron chi connectivity index (χ3n) is 5.15. The predicted octanol–water partition coefficient (Wildman–Crippen LogP) is 3.62. The van der Waals surface area contributed by atoms with Crippen molar-refractivity contribution in [1.29, 1.82) is 0 Å². The van der Waals surface area contributed by atoms with E-state index in [4.69, 9.17) is 0 Å². The Balaban J connectivity index is 1.82. The van der Waals surface area contributed by atoms with E-state index in [0.29, 0.717) is 31.1 Å². The molecule has 1 aliphatic rings. The van der Waals surface area contributed by atoms with Crippen LogP contribution in [0, 0.1) is 18.8 Å². The van der Waals surface area contributed by atoms with Crippen LogP contribution < -0.4 is 5.32 Å². The first kappa shape index (κ1) is 19.2. The highest BCUT2D eigenvalue weighted by Crippen LogP contribution is 2.34. The first-order chi connectivity index (χ1) is 13.0. The van der Waals surface area contributed by atoms with Gasteiger partial charge in [0.2, 0.25) is 5.91 Å². The maximum atomic E-state index is 12.9. The molecular formula is C23H28N2O2. The van der Waals surface area contributed by atoms with E-state index in [2.05, 4.69) is 50.4 Å². The van der Waals surface area contributed by atoms with Crippen LogP contribution >= 0.6 is 0 Å². The molecule has 0 unspecified atom stereocenters. The molecule has 1 saturated heterocycles. The molecule has 2 amide bonds. The number of aryl methyl sites for hydroxylation is 1. The quantitative estimate of drug-likeness (QED) is 0.881. The number of hydrogen-bond donors (Lipinski definition) is 1. The highest BCUT2D eigenvalue weighted by Gasteiger charge is 2.40. The lowest BCUT2D eigenvalue weighted by Gasteiger charge is -2.19. The molecule has 142 valence electrons. The van der Waals surface area contributed by atoms with Crippen molar-refractivity contribution >= 4 is 11.8 Å². The number of nitrogens with one attached hydrogen (secondary N) is 1. The van der Waals surface area contributed by atoms with Gasteiger partial charge in [-0.3, -0.25) is 9.59 Å². The van der Waals surface area contributed by atoms with Crippen LogP contribution in [0.5, 0.6) is 0 Å². The SMILES string of the molecule is Cc1ccc([C@@H]2CN(C(=O)c3ccccc3)C[C@@H]2C(=O)NCC(C)C)cc1. The van der Waals surface area contributed by atoms with Crippen LogP contribution in [0.4, 0.5) is 0 Å². The molecule has 0 spiro atoms. The Bertz CT molecular complexity index is 784. The Morgan fingerprint density at radius 1 is 1.04 bits per heavy atom. The van der Waals surface area contributed by atoms with Crippen LogP contribution in [0.15, 0.2) is 54.6 Å². The number of carbonyl (C=O) groups is 2. The molecule has 27 heavy (non-hydrogen) atoms. The highest BCUT2D eigenvalue weighted by molar-refractivity contribution is 5.95. The molecule has 2 aromatic carbocycles. The van der Waals surface area contributed by atoms with E-state index in [1.807, 2.05) is 35.2 Å². The fourth-order valence-electron chi connectivity index (χ4n) is 3.59. The van der Waals surface area contributed by atoms with Gasteiger partial charge in [0.25, 0.3) is 5.91 Å². The average Bonchev–Trinajstić information content (AvgIpc) is 3.12. The van der Waals surface area contributed by atoms with Crippen molar-refractivity contribution < 1.29 is 9.59 Å². The van der Waals surface area contributed by atoms with Crippen molar-refractivity contribution in [2.24, 2.45) is 11.8 Å². The minimum absolute atomic E-state index is 0.00753. The summed E-state index contributed by atoms with van der Waals surface area (Å²) < 4.78 is 0. The second kappa shape index (κ2) is 8.38. The fourth-order valence-corrected chi connectivity index (χ4v) is 3.59. The summed E-state index contributed by atoms with van der Waals surface area (Å²) in [6.45, 7) is 7.89. The van der Waals surface area contributed by atoms with Gasteiger partial charge in [0.05, 0.1) is 5.92 Å². The third-order valence-corrected chi connectivity index (χ3v) is 5.15. The molecule has 4 heteroatoms. The highest BCUT2D eigenvalue weighted by atomic mass is 16.2. The molecule has 1 N–H and O–H groups in total. The summed E-state index contributed by atoms with van der Waals surface area (Å²) in [6, 6.07) is 17.6. The first-order valence-electron chi connectivity index (χ1n) is 9.64. The van der Waals surface area contributed by atoms with Crippen molar-refractivity contribution in [3.63, 3.8) is 0 Å². The molecule has 2 atom stereocenters. The van der Waals surface area contributed by atoms with E-state index >= 15 is 0 Å². The van der Waals surface area contributed by atoms with E-state index < -0.39 is 0 Å². The first-order valence-corrected chi connectivity index (χ1v) is 9.64. The summed E-state index contributed by atoms with van der Waals surface area (Å²) in [5, 5.41) is 3.06. The second-order valence-corrected chi connectivity index (χ2v) is 7.84. The lowest BCUT2D eigenvalue weighted by Crippen LogP contribution is -2.37. The number of hydrogen-bond acceptors (Lipinski definition) is 2. The Kier molecular flexibility index (Phi) is 5.94. The van der Waals surface area contributed by atoms with Crippen molar-refractivity contribution in [1.82, 2.24) is 10.2 Å². The number of nitrogens with zero attached hydrogens (tertiary/aromatic N) is 1. The Labute approximate surface area is 161 Å². The van der Waals surface area contributed by atoms with Crippen LogP contribution in [-0.2, 0) is 4.79 Å². The zero-order valence-electron chi connectivity index (χ0n) is 16.3. The lowest BCUT2D eigenvalue weighted by molar-refractivity contribution is -0.125. The monoisotopic (exact) mass is 364 g/mol. The maximum Gasteiger partial charge on any atom is 0.253 e. The predicted molar refractivity (Wildman–Crippen MR) is 108 cm³/mol. The van der Waals surface area contributed by atoms with Crippen molar-refractivity contribution in [3.05, 3.63) is 71.3 Å². The summed E-state index contributed by atoms with van der Waals surface area (Å²) in [5.74, 6) is 0.226.